The summed E-state index contributed by atoms with van der Waals surface area (Å²) < 4.78 is 4.94. The summed E-state index contributed by atoms with van der Waals surface area (Å²) in [6, 6.07) is 14.2. The lowest BCUT2D eigenvalue weighted by molar-refractivity contribution is -0.144. The van der Waals surface area contributed by atoms with Crippen LogP contribution in [0.1, 0.15) is 12.5 Å². The Kier molecular flexibility index (Phi) is 8.84. The number of hydrogen-bond acceptors (Lipinski definition) is 5. The second-order valence-corrected chi connectivity index (χ2v) is 7.19. The Labute approximate surface area is 173 Å². The Morgan fingerprint density at radius 3 is 2.39 bits per heavy atom. The Hall–Kier alpha value is -2.51. The van der Waals surface area contributed by atoms with Crippen LogP contribution in [-0.4, -0.2) is 35.9 Å². The lowest BCUT2D eigenvalue weighted by atomic mass is 10.1. The van der Waals surface area contributed by atoms with Crippen LogP contribution in [0.25, 0.3) is 0 Å². The maximum atomic E-state index is 11.9. The average molecular weight is 421 g/mol. The number of aryl methyl sites for hydroxylation is 1. The molecule has 0 aliphatic rings. The summed E-state index contributed by atoms with van der Waals surface area (Å²) in [6.45, 7) is 1.62. The highest BCUT2D eigenvalue weighted by Gasteiger charge is 2.11. The lowest BCUT2D eigenvalue weighted by Gasteiger charge is -2.10. The standard InChI is InChI=1S/C20H21ClN2O4S/c1-2-14-5-3-4-6-17(14)23-18(24)11-27-20(26)13-28-12-19(25)22-16-9-7-15(21)8-10-16/h3-10H,2,11-13H2,1H3,(H,22,25)(H,23,24). The molecule has 6 nitrogen and oxygen atoms in total. The quantitative estimate of drug-likeness (QED) is 0.603. The fourth-order valence-electron chi connectivity index (χ4n) is 2.28. The number of rotatable bonds is 9. The van der Waals surface area contributed by atoms with Crippen LogP contribution in [0.5, 0.6) is 0 Å². The first-order valence-electron chi connectivity index (χ1n) is 8.64. The van der Waals surface area contributed by atoms with Crippen LogP contribution < -0.4 is 10.6 Å². The molecule has 0 radical (unpaired) electrons. The number of thioether (sulfide) groups is 1. The van der Waals surface area contributed by atoms with E-state index in [0.717, 1.165) is 23.7 Å². The second kappa shape index (κ2) is 11.4. The van der Waals surface area contributed by atoms with Crippen molar-refractivity contribution in [1.29, 1.82) is 0 Å². The van der Waals surface area contributed by atoms with Crippen molar-refractivity contribution in [2.24, 2.45) is 0 Å². The van der Waals surface area contributed by atoms with Gasteiger partial charge in [-0.3, -0.25) is 14.4 Å². The number of carbonyl (C=O) groups is 3. The molecule has 0 saturated heterocycles. The molecular formula is C20H21ClN2O4S. The van der Waals surface area contributed by atoms with Gasteiger partial charge in [-0.15, -0.1) is 11.8 Å². The van der Waals surface area contributed by atoms with Crippen LogP contribution in [0.4, 0.5) is 11.4 Å². The first-order chi connectivity index (χ1) is 13.5. The fourth-order valence-corrected chi connectivity index (χ4v) is 3.02. The van der Waals surface area contributed by atoms with Crippen molar-refractivity contribution in [3.8, 4) is 0 Å². The minimum absolute atomic E-state index is 0.0210. The molecule has 0 fully saturated rings. The zero-order valence-corrected chi connectivity index (χ0v) is 16.9. The van der Waals surface area contributed by atoms with Gasteiger partial charge in [0.05, 0.1) is 11.5 Å². The van der Waals surface area contributed by atoms with Gasteiger partial charge in [-0.25, -0.2) is 0 Å². The predicted octanol–water partition coefficient (Wildman–Crippen LogP) is 3.76. The molecule has 0 heterocycles. The van der Waals surface area contributed by atoms with E-state index in [2.05, 4.69) is 10.6 Å². The molecule has 2 N–H and O–H groups in total. The van der Waals surface area contributed by atoms with Crippen molar-refractivity contribution in [3.05, 3.63) is 59.1 Å². The number of hydrogen-bond donors (Lipinski definition) is 2. The predicted molar refractivity (Wildman–Crippen MR) is 113 cm³/mol. The zero-order valence-electron chi connectivity index (χ0n) is 15.4. The number of carbonyl (C=O) groups excluding carboxylic acids is 3. The molecule has 2 aromatic carbocycles. The molecule has 0 atom stereocenters. The fraction of sp³-hybridized carbons (Fsp3) is 0.250. The van der Waals surface area contributed by atoms with Crippen LogP contribution >= 0.6 is 23.4 Å². The number of esters is 1. The number of ether oxygens (including phenoxy) is 1. The van der Waals surface area contributed by atoms with E-state index in [1.807, 2.05) is 25.1 Å². The van der Waals surface area contributed by atoms with Gasteiger partial charge in [0, 0.05) is 16.4 Å². The van der Waals surface area contributed by atoms with Gasteiger partial charge in [0.15, 0.2) is 6.61 Å². The van der Waals surface area contributed by atoms with Crippen LogP contribution in [0.15, 0.2) is 48.5 Å². The third-order valence-corrected chi connectivity index (χ3v) is 4.78. The highest BCUT2D eigenvalue weighted by Crippen LogP contribution is 2.15. The van der Waals surface area contributed by atoms with Crippen molar-refractivity contribution in [2.45, 2.75) is 13.3 Å². The minimum Gasteiger partial charge on any atom is -0.455 e. The molecule has 2 amide bonds. The summed E-state index contributed by atoms with van der Waals surface area (Å²) in [5.41, 5.74) is 2.34. The van der Waals surface area contributed by atoms with E-state index in [4.69, 9.17) is 16.3 Å². The summed E-state index contributed by atoms with van der Waals surface area (Å²) in [6.07, 6.45) is 0.783. The topological polar surface area (TPSA) is 84.5 Å². The molecule has 0 aliphatic heterocycles. The van der Waals surface area contributed by atoms with Gasteiger partial charge >= 0.3 is 5.97 Å². The molecule has 2 rings (SSSR count). The largest absolute Gasteiger partial charge is 0.455 e. The van der Waals surface area contributed by atoms with Crippen molar-refractivity contribution in [3.63, 3.8) is 0 Å². The number of benzene rings is 2. The Balaban J connectivity index is 1.64. The van der Waals surface area contributed by atoms with Gasteiger partial charge in [0.25, 0.3) is 5.91 Å². The van der Waals surface area contributed by atoms with Gasteiger partial charge < -0.3 is 15.4 Å². The number of nitrogens with one attached hydrogen (secondary N) is 2. The summed E-state index contributed by atoms with van der Waals surface area (Å²) in [5.74, 6) is -1.13. The molecule has 0 saturated carbocycles. The van der Waals surface area contributed by atoms with E-state index < -0.39 is 11.9 Å². The van der Waals surface area contributed by atoms with E-state index in [1.54, 1.807) is 30.3 Å². The highest BCUT2D eigenvalue weighted by atomic mass is 35.5. The SMILES string of the molecule is CCc1ccccc1NC(=O)COC(=O)CSCC(=O)Nc1ccc(Cl)cc1. The van der Waals surface area contributed by atoms with Gasteiger partial charge in [-0.1, -0.05) is 36.7 Å². The molecule has 2 aromatic rings. The normalized spacial score (nSPS) is 10.2. The molecule has 0 spiro atoms. The molecule has 0 aromatic heterocycles. The molecule has 0 unspecified atom stereocenters. The van der Waals surface area contributed by atoms with Crippen molar-refractivity contribution >= 4 is 52.5 Å². The summed E-state index contributed by atoms with van der Waals surface area (Å²) >= 11 is 6.89. The lowest BCUT2D eigenvalue weighted by Crippen LogP contribution is -2.22. The Morgan fingerprint density at radius 1 is 0.964 bits per heavy atom. The minimum atomic E-state index is -0.553. The third-order valence-electron chi connectivity index (χ3n) is 3.62. The van der Waals surface area contributed by atoms with Crippen LogP contribution in [-0.2, 0) is 25.5 Å². The van der Waals surface area contributed by atoms with Crippen molar-refractivity contribution < 1.29 is 19.1 Å². The van der Waals surface area contributed by atoms with Gasteiger partial charge in [-0.2, -0.15) is 0 Å². The summed E-state index contributed by atoms with van der Waals surface area (Å²) in [4.78, 5) is 35.5. The molecular weight excluding hydrogens is 400 g/mol. The van der Waals surface area contributed by atoms with Crippen molar-refractivity contribution in [2.75, 3.05) is 28.7 Å². The molecule has 148 valence electrons. The van der Waals surface area contributed by atoms with Crippen LogP contribution in [0.2, 0.25) is 5.02 Å². The van der Waals surface area contributed by atoms with Crippen molar-refractivity contribution in [1.82, 2.24) is 0 Å². The van der Waals surface area contributed by atoms with Gasteiger partial charge in [-0.05, 0) is 42.3 Å². The highest BCUT2D eigenvalue weighted by molar-refractivity contribution is 8.00. The maximum absolute atomic E-state index is 11.9. The molecule has 8 heteroatoms. The van der Waals surface area contributed by atoms with Gasteiger partial charge in [0.2, 0.25) is 5.91 Å². The van der Waals surface area contributed by atoms with E-state index in [1.165, 1.54) is 0 Å². The van der Waals surface area contributed by atoms with E-state index >= 15 is 0 Å². The molecule has 0 bridgehead atoms. The Bertz CT molecular complexity index is 827. The first-order valence-corrected chi connectivity index (χ1v) is 10.2. The smallest absolute Gasteiger partial charge is 0.316 e. The maximum Gasteiger partial charge on any atom is 0.316 e. The van der Waals surface area contributed by atoms with E-state index in [-0.39, 0.29) is 24.0 Å². The molecule has 0 aliphatic carbocycles. The van der Waals surface area contributed by atoms with E-state index in [9.17, 15) is 14.4 Å². The summed E-state index contributed by atoms with van der Waals surface area (Å²) in [5, 5.41) is 6.00. The Morgan fingerprint density at radius 2 is 1.68 bits per heavy atom. The number of amides is 2. The first kappa shape index (κ1) is 21.8. The second-order valence-electron chi connectivity index (χ2n) is 5.77. The number of anilines is 2. The van der Waals surface area contributed by atoms with Crippen LogP contribution in [0.3, 0.4) is 0 Å². The zero-order chi connectivity index (χ0) is 20.4. The number of halogens is 1. The molecule has 28 heavy (non-hydrogen) atoms. The monoisotopic (exact) mass is 420 g/mol. The van der Waals surface area contributed by atoms with E-state index in [0.29, 0.717) is 16.4 Å². The number of para-hydroxylation sites is 1. The average Bonchev–Trinajstić information content (AvgIpc) is 2.68. The van der Waals surface area contributed by atoms with Gasteiger partial charge in [0.1, 0.15) is 0 Å². The third kappa shape index (κ3) is 7.62. The summed E-state index contributed by atoms with van der Waals surface area (Å²) in [7, 11) is 0. The van der Waals surface area contributed by atoms with Crippen LogP contribution in [0, 0.1) is 0 Å².